The lowest BCUT2D eigenvalue weighted by Crippen LogP contribution is -2.02. The second kappa shape index (κ2) is 6.64. The molecule has 0 saturated heterocycles. The van der Waals surface area contributed by atoms with E-state index in [1.807, 2.05) is 12.1 Å². The molecule has 2 aromatic carbocycles. The Bertz CT molecular complexity index is 537. The van der Waals surface area contributed by atoms with Crippen molar-refractivity contribution in [3.63, 3.8) is 0 Å². The molecule has 100 valence electrons. The smallest absolute Gasteiger partial charge is 0.130 e. The lowest BCUT2D eigenvalue weighted by molar-refractivity contribution is 0.478. The summed E-state index contributed by atoms with van der Waals surface area (Å²) in [6.07, 6.45) is 2.94. The quantitative estimate of drug-likeness (QED) is 0.836. The molecule has 0 fully saturated rings. The van der Waals surface area contributed by atoms with Crippen molar-refractivity contribution < 1.29 is 4.74 Å². The maximum absolute atomic E-state index is 5.95. The SMILES string of the molecule is CSc1ccc(Oc2cc(CCN)ccc2C)cc1. The first kappa shape index (κ1) is 14.0. The van der Waals surface area contributed by atoms with Crippen molar-refractivity contribution in [2.75, 3.05) is 12.8 Å². The van der Waals surface area contributed by atoms with E-state index in [-0.39, 0.29) is 0 Å². The van der Waals surface area contributed by atoms with Gasteiger partial charge in [-0.05, 0) is 67.6 Å². The maximum atomic E-state index is 5.95. The van der Waals surface area contributed by atoms with Crippen LogP contribution in [0.1, 0.15) is 11.1 Å². The van der Waals surface area contributed by atoms with Gasteiger partial charge < -0.3 is 10.5 Å². The van der Waals surface area contributed by atoms with Crippen LogP contribution >= 0.6 is 11.8 Å². The van der Waals surface area contributed by atoms with Crippen LogP contribution in [0.15, 0.2) is 47.4 Å². The van der Waals surface area contributed by atoms with E-state index < -0.39 is 0 Å². The second-order valence-corrected chi connectivity index (χ2v) is 5.30. The van der Waals surface area contributed by atoms with Crippen LogP contribution in [-0.2, 0) is 6.42 Å². The van der Waals surface area contributed by atoms with Crippen LogP contribution in [0.5, 0.6) is 11.5 Å². The highest BCUT2D eigenvalue weighted by atomic mass is 32.2. The molecule has 0 heterocycles. The Hall–Kier alpha value is -1.45. The van der Waals surface area contributed by atoms with Gasteiger partial charge in [0, 0.05) is 4.90 Å². The fourth-order valence-corrected chi connectivity index (χ4v) is 2.26. The first-order valence-electron chi connectivity index (χ1n) is 6.34. The summed E-state index contributed by atoms with van der Waals surface area (Å²) >= 11 is 1.73. The van der Waals surface area contributed by atoms with Gasteiger partial charge in [0.25, 0.3) is 0 Å². The Kier molecular flexibility index (Phi) is 4.88. The first-order valence-corrected chi connectivity index (χ1v) is 7.57. The fraction of sp³-hybridized carbons (Fsp3) is 0.250. The number of thioether (sulfide) groups is 1. The number of aryl methyl sites for hydroxylation is 1. The van der Waals surface area contributed by atoms with Crippen LogP contribution < -0.4 is 10.5 Å². The van der Waals surface area contributed by atoms with Crippen molar-refractivity contribution in [1.82, 2.24) is 0 Å². The molecule has 2 nitrogen and oxygen atoms in total. The predicted molar refractivity (Wildman–Crippen MR) is 82.2 cm³/mol. The second-order valence-electron chi connectivity index (χ2n) is 4.42. The zero-order chi connectivity index (χ0) is 13.7. The van der Waals surface area contributed by atoms with Gasteiger partial charge in [-0.2, -0.15) is 0 Å². The molecule has 2 N–H and O–H groups in total. The highest BCUT2D eigenvalue weighted by Gasteiger charge is 2.03. The van der Waals surface area contributed by atoms with Crippen molar-refractivity contribution in [3.8, 4) is 11.5 Å². The van der Waals surface area contributed by atoms with Crippen molar-refractivity contribution >= 4 is 11.8 Å². The fourth-order valence-electron chi connectivity index (χ4n) is 1.85. The average Bonchev–Trinajstić information content (AvgIpc) is 2.44. The van der Waals surface area contributed by atoms with E-state index in [9.17, 15) is 0 Å². The molecular formula is C16H19NOS. The summed E-state index contributed by atoms with van der Waals surface area (Å²) in [6, 6.07) is 14.4. The molecule has 0 atom stereocenters. The van der Waals surface area contributed by atoms with Crippen molar-refractivity contribution in [2.45, 2.75) is 18.2 Å². The van der Waals surface area contributed by atoms with E-state index >= 15 is 0 Å². The van der Waals surface area contributed by atoms with Gasteiger partial charge in [-0.15, -0.1) is 11.8 Å². The first-order chi connectivity index (χ1) is 9.22. The van der Waals surface area contributed by atoms with Crippen molar-refractivity contribution in [3.05, 3.63) is 53.6 Å². The molecule has 0 unspecified atom stereocenters. The van der Waals surface area contributed by atoms with Gasteiger partial charge in [-0.3, -0.25) is 0 Å². The van der Waals surface area contributed by atoms with Gasteiger partial charge in [0.15, 0.2) is 0 Å². The summed E-state index contributed by atoms with van der Waals surface area (Å²) in [5.41, 5.74) is 7.94. The minimum atomic E-state index is 0.658. The standard InChI is InChI=1S/C16H19NOS/c1-12-3-4-13(9-10-17)11-16(12)18-14-5-7-15(19-2)8-6-14/h3-8,11H,9-10,17H2,1-2H3. The molecule has 0 radical (unpaired) electrons. The van der Waals surface area contributed by atoms with Gasteiger partial charge in [-0.1, -0.05) is 12.1 Å². The summed E-state index contributed by atoms with van der Waals surface area (Å²) in [6.45, 7) is 2.71. The Morgan fingerprint density at radius 2 is 1.84 bits per heavy atom. The third kappa shape index (κ3) is 3.75. The zero-order valence-electron chi connectivity index (χ0n) is 11.3. The highest BCUT2D eigenvalue weighted by molar-refractivity contribution is 7.98. The molecular weight excluding hydrogens is 254 g/mol. The minimum absolute atomic E-state index is 0.658. The molecule has 2 aromatic rings. The summed E-state index contributed by atoms with van der Waals surface area (Å²) in [4.78, 5) is 1.24. The predicted octanol–water partition coefficient (Wildman–Crippen LogP) is 4.01. The van der Waals surface area contributed by atoms with E-state index in [4.69, 9.17) is 10.5 Å². The molecule has 0 aliphatic carbocycles. The molecule has 0 amide bonds. The molecule has 0 aromatic heterocycles. The Morgan fingerprint density at radius 1 is 1.11 bits per heavy atom. The summed E-state index contributed by atoms with van der Waals surface area (Å²) in [5, 5.41) is 0. The molecule has 0 saturated carbocycles. The number of benzene rings is 2. The van der Waals surface area contributed by atoms with Gasteiger partial charge >= 0.3 is 0 Å². The largest absolute Gasteiger partial charge is 0.457 e. The Balaban J connectivity index is 2.18. The molecule has 3 heteroatoms. The van der Waals surface area contributed by atoms with Crippen LogP contribution in [0.25, 0.3) is 0 Å². The summed E-state index contributed by atoms with van der Waals surface area (Å²) in [5.74, 6) is 1.77. The normalized spacial score (nSPS) is 10.5. The summed E-state index contributed by atoms with van der Waals surface area (Å²) in [7, 11) is 0. The number of hydrogen-bond acceptors (Lipinski definition) is 3. The Morgan fingerprint density at radius 3 is 2.47 bits per heavy atom. The van der Waals surface area contributed by atoms with Gasteiger partial charge in [-0.25, -0.2) is 0 Å². The van der Waals surface area contributed by atoms with Crippen molar-refractivity contribution in [1.29, 1.82) is 0 Å². The molecule has 0 aliphatic heterocycles. The van der Waals surface area contributed by atoms with E-state index in [0.717, 1.165) is 23.5 Å². The third-order valence-electron chi connectivity index (χ3n) is 2.97. The number of nitrogens with two attached hydrogens (primary N) is 1. The number of hydrogen-bond donors (Lipinski definition) is 1. The van der Waals surface area contributed by atoms with E-state index in [0.29, 0.717) is 6.54 Å². The van der Waals surface area contributed by atoms with Crippen LogP contribution in [0.3, 0.4) is 0 Å². The zero-order valence-corrected chi connectivity index (χ0v) is 12.2. The Labute approximate surface area is 119 Å². The van der Waals surface area contributed by atoms with Crippen LogP contribution in [0, 0.1) is 6.92 Å². The van der Waals surface area contributed by atoms with E-state index in [1.165, 1.54) is 10.5 Å². The molecule has 19 heavy (non-hydrogen) atoms. The topological polar surface area (TPSA) is 35.2 Å². The minimum Gasteiger partial charge on any atom is -0.457 e. The number of rotatable bonds is 5. The monoisotopic (exact) mass is 273 g/mol. The van der Waals surface area contributed by atoms with E-state index in [1.54, 1.807) is 11.8 Å². The highest BCUT2D eigenvalue weighted by Crippen LogP contribution is 2.27. The number of ether oxygens (including phenoxy) is 1. The molecule has 0 aliphatic rings. The lowest BCUT2D eigenvalue weighted by Gasteiger charge is -2.11. The van der Waals surface area contributed by atoms with Crippen molar-refractivity contribution in [2.24, 2.45) is 5.73 Å². The lowest BCUT2D eigenvalue weighted by atomic mass is 10.1. The molecule has 0 bridgehead atoms. The van der Waals surface area contributed by atoms with Crippen LogP contribution in [-0.4, -0.2) is 12.8 Å². The molecule has 0 spiro atoms. The van der Waals surface area contributed by atoms with Gasteiger partial charge in [0.2, 0.25) is 0 Å². The van der Waals surface area contributed by atoms with E-state index in [2.05, 4.69) is 43.5 Å². The van der Waals surface area contributed by atoms with Gasteiger partial charge in [0.1, 0.15) is 11.5 Å². The maximum Gasteiger partial charge on any atom is 0.130 e. The third-order valence-corrected chi connectivity index (χ3v) is 3.72. The van der Waals surface area contributed by atoms with Gasteiger partial charge in [0.05, 0.1) is 0 Å². The van der Waals surface area contributed by atoms with Crippen LogP contribution in [0.2, 0.25) is 0 Å². The van der Waals surface area contributed by atoms with Crippen LogP contribution in [0.4, 0.5) is 0 Å². The summed E-state index contributed by atoms with van der Waals surface area (Å²) < 4.78 is 5.95. The average molecular weight is 273 g/mol. The molecule has 2 rings (SSSR count).